The number of carbonyl (C=O) groups excluding carboxylic acids is 1. The van der Waals surface area contributed by atoms with E-state index in [9.17, 15) is 4.79 Å². The maximum absolute atomic E-state index is 12.0. The summed E-state index contributed by atoms with van der Waals surface area (Å²) in [6, 6.07) is 5.76. The minimum atomic E-state index is -0.237. The SMILES string of the molecule is CCCCOC(=O)c1ccc(SC)c(N(C)CCNC)c1. The van der Waals surface area contributed by atoms with Gasteiger partial charge in [-0.15, -0.1) is 11.8 Å². The summed E-state index contributed by atoms with van der Waals surface area (Å²) in [6.45, 7) is 4.36. The van der Waals surface area contributed by atoms with Crippen LogP contribution < -0.4 is 10.2 Å². The highest BCUT2D eigenvalue weighted by Crippen LogP contribution is 2.29. The van der Waals surface area contributed by atoms with Gasteiger partial charge in [-0.2, -0.15) is 0 Å². The van der Waals surface area contributed by atoms with E-state index in [1.807, 2.05) is 38.6 Å². The first-order valence-corrected chi connectivity index (χ1v) is 8.57. The van der Waals surface area contributed by atoms with Crippen molar-refractivity contribution in [1.82, 2.24) is 5.32 Å². The number of anilines is 1. The minimum Gasteiger partial charge on any atom is -0.462 e. The molecule has 0 saturated carbocycles. The summed E-state index contributed by atoms with van der Waals surface area (Å²) in [5.74, 6) is -0.237. The van der Waals surface area contributed by atoms with Gasteiger partial charge in [-0.3, -0.25) is 0 Å². The van der Waals surface area contributed by atoms with Crippen LogP contribution in [-0.4, -0.2) is 46.0 Å². The molecule has 0 spiro atoms. The number of hydrogen-bond acceptors (Lipinski definition) is 5. The number of nitrogens with zero attached hydrogens (tertiary/aromatic N) is 1. The van der Waals surface area contributed by atoms with Gasteiger partial charge < -0.3 is 15.0 Å². The molecule has 118 valence electrons. The molecule has 0 aliphatic carbocycles. The molecule has 0 heterocycles. The zero-order valence-corrected chi connectivity index (χ0v) is 14.3. The fourth-order valence-corrected chi connectivity index (χ4v) is 2.54. The van der Waals surface area contributed by atoms with Crippen LogP contribution >= 0.6 is 11.8 Å². The van der Waals surface area contributed by atoms with Gasteiger partial charge in [0, 0.05) is 25.0 Å². The Morgan fingerprint density at radius 1 is 1.43 bits per heavy atom. The molecule has 0 atom stereocenters. The summed E-state index contributed by atoms with van der Waals surface area (Å²) in [7, 11) is 3.98. The molecular formula is C16H26N2O2S. The van der Waals surface area contributed by atoms with E-state index in [4.69, 9.17) is 4.74 Å². The molecular weight excluding hydrogens is 284 g/mol. The van der Waals surface area contributed by atoms with Crippen molar-refractivity contribution >= 4 is 23.4 Å². The molecule has 1 rings (SSSR count). The first kappa shape index (κ1) is 17.9. The van der Waals surface area contributed by atoms with Gasteiger partial charge in [0.1, 0.15) is 0 Å². The van der Waals surface area contributed by atoms with Crippen LogP contribution in [0.2, 0.25) is 0 Å². The zero-order chi connectivity index (χ0) is 15.7. The van der Waals surface area contributed by atoms with Crippen LogP contribution in [0.25, 0.3) is 0 Å². The lowest BCUT2D eigenvalue weighted by Gasteiger charge is -2.22. The smallest absolute Gasteiger partial charge is 0.338 e. The van der Waals surface area contributed by atoms with Crippen LogP contribution in [0.1, 0.15) is 30.1 Å². The second-order valence-electron chi connectivity index (χ2n) is 4.90. The highest BCUT2D eigenvalue weighted by atomic mass is 32.2. The van der Waals surface area contributed by atoms with Gasteiger partial charge >= 0.3 is 5.97 Å². The normalized spacial score (nSPS) is 10.5. The zero-order valence-electron chi connectivity index (χ0n) is 13.4. The Balaban J connectivity index is 2.85. The standard InChI is InChI=1S/C16H26N2O2S/c1-5-6-11-20-16(19)13-7-8-15(21-4)14(12-13)18(3)10-9-17-2/h7-8,12,17H,5-6,9-11H2,1-4H3. The van der Waals surface area contributed by atoms with E-state index >= 15 is 0 Å². The van der Waals surface area contributed by atoms with Gasteiger partial charge in [0.05, 0.1) is 17.9 Å². The molecule has 0 aromatic heterocycles. The maximum Gasteiger partial charge on any atom is 0.338 e. The van der Waals surface area contributed by atoms with Crippen molar-refractivity contribution in [2.75, 3.05) is 44.9 Å². The largest absolute Gasteiger partial charge is 0.462 e. The third-order valence-electron chi connectivity index (χ3n) is 3.25. The first-order chi connectivity index (χ1) is 10.1. The predicted molar refractivity (Wildman–Crippen MR) is 90.6 cm³/mol. The molecule has 1 aromatic carbocycles. The second kappa shape index (κ2) is 9.68. The molecule has 4 nitrogen and oxygen atoms in total. The Kier molecular flexibility index (Phi) is 8.23. The number of rotatable bonds is 9. The van der Waals surface area contributed by atoms with Crippen molar-refractivity contribution in [3.8, 4) is 0 Å². The van der Waals surface area contributed by atoms with Crippen LogP contribution in [0.15, 0.2) is 23.1 Å². The number of thioether (sulfide) groups is 1. The molecule has 0 radical (unpaired) electrons. The van der Waals surface area contributed by atoms with Crippen molar-refractivity contribution in [1.29, 1.82) is 0 Å². The van der Waals surface area contributed by atoms with E-state index in [0.717, 1.165) is 31.6 Å². The summed E-state index contributed by atoms with van der Waals surface area (Å²) < 4.78 is 5.28. The average molecular weight is 310 g/mol. The van der Waals surface area contributed by atoms with Crippen molar-refractivity contribution in [2.24, 2.45) is 0 Å². The average Bonchev–Trinajstić information content (AvgIpc) is 2.52. The van der Waals surface area contributed by atoms with Crippen LogP contribution in [-0.2, 0) is 4.74 Å². The van der Waals surface area contributed by atoms with Crippen LogP contribution in [0.3, 0.4) is 0 Å². The predicted octanol–water partition coefficient (Wildman–Crippen LogP) is 3.02. The second-order valence-corrected chi connectivity index (χ2v) is 5.75. The number of esters is 1. The Labute approximate surface area is 132 Å². The summed E-state index contributed by atoms with van der Waals surface area (Å²) in [5.41, 5.74) is 1.69. The lowest BCUT2D eigenvalue weighted by Crippen LogP contribution is -2.27. The number of nitrogens with one attached hydrogen (secondary N) is 1. The van der Waals surface area contributed by atoms with Gasteiger partial charge in [0.25, 0.3) is 0 Å². The van der Waals surface area contributed by atoms with Crippen LogP contribution in [0.4, 0.5) is 5.69 Å². The van der Waals surface area contributed by atoms with Gasteiger partial charge in [0.2, 0.25) is 0 Å². The van der Waals surface area contributed by atoms with E-state index in [1.54, 1.807) is 11.8 Å². The van der Waals surface area contributed by atoms with Gasteiger partial charge in [-0.25, -0.2) is 4.79 Å². The molecule has 0 aliphatic rings. The molecule has 0 saturated heterocycles. The van der Waals surface area contributed by atoms with Gasteiger partial charge in [-0.1, -0.05) is 13.3 Å². The minimum absolute atomic E-state index is 0.237. The van der Waals surface area contributed by atoms with E-state index in [0.29, 0.717) is 12.2 Å². The quantitative estimate of drug-likeness (QED) is 0.431. The number of carbonyl (C=O) groups is 1. The summed E-state index contributed by atoms with van der Waals surface area (Å²) in [5, 5.41) is 3.14. The van der Waals surface area contributed by atoms with E-state index in [-0.39, 0.29) is 5.97 Å². The summed E-state index contributed by atoms with van der Waals surface area (Å²) in [6.07, 6.45) is 3.98. The molecule has 0 amide bonds. The van der Waals surface area contributed by atoms with E-state index < -0.39 is 0 Å². The first-order valence-electron chi connectivity index (χ1n) is 7.35. The van der Waals surface area contributed by atoms with Crippen molar-refractivity contribution in [3.63, 3.8) is 0 Å². The molecule has 21 heavy (non-hydrogen) atoms. The molecule has 0 fully saturated rings. The Morgan fingerprint density at radius 3 is 2.81 bits per heavy atom. The third-order valence-corrected chi connectivity index (χ3v) is 4.04. The number of unbranched alkanes of at least 4 members (excludes halogenated alkanes) is 1. The maximum atomic E-state index is 12.0. The van der Waals surface area contributed by atoms with Crippen molar-refractivity contribution < 1.29 is 9.53 Å². The number of ether oxygens (including phenoxy) is 1. The molecule has 1 aromatic rings. The topological polar surface area (TPSA) is 41.6 Å². The van der Waals surface area contributed by atoms with Crippen LogP contribution in [0, 0.1) is 0 Å². The van der Waals surface area contributed by atoms with E-state index in [2.05, 4.69) is 17.1 Å². The summed E-state index contributed by atoms with van der Waals surface area (Å²) in [4.78, 5) is 15.4. The van der Waals surface area contributed by atoms with E-state index in [1.165, 1.54) is 4.90 Å². The molecule has 0 unspecified atom stereocenters. The number of likely N-dealkylation sites (N-methyl/N-ethyl adjacent to an activating group) is 2. The fourth-order valence-electron chi connectivity index (χ4n) is 1.91. The van der Waals surface area contributed by atoms with Crippen molar-refractivity contribution in [2.45, 2.75) is 24.7 Å². The third kappa shape index (κ3) is 5.59. The van der Waals surface area contributed by atoms with Gasteiger partial charge in [-0.05, 0) is 37.9 Å². The highest BCUT2D eigenvalue weighted by Gasteiger charge is 2.13. The Bertz CT molecular complexity index is 452. The molecule has 5 heteroatoms. The monoisotopic (exact) mass is 310 g/mol. The van der Waals surface area contributed by atoms with Crippen molar-refractivity contribution in [3.05, 3.63) is 23.8 Å². The van der Waals surface area contributed by atoms with Gasteiger partial charge in [0.15, 0.2) is 0 Å². The molecule has 0 aliphatic heterocycles. The Morgan fingerprint density at radius 2 is 2.19 bits per heavy atom. The lowest BCUT2D eigenvalue weighted by atomic mass is 10.2. The Hall–Kier alpha value is -1.20. The number of benzene rings is 1. The van der Waals surface area contributed by atoms with Crippen LogP contribution in [0.5, 0.6) is 0 Å². The lowest BCUT2D eigenvalue weighted by molar-refractivity contribution is 0.0499. The number of hydrogen-bond donors (Lipinski definition) is 1. The molecule has 0 bridgehead atoms. The fraction of sp³-hybridized carbons (Fsp3) is 0.562. The molecule has 1 N–H and O–H groups in total. The highest BCUT2D eigenvalue weighted by molar-refractivity contribution is 7.98. The summed E-state index contributed by atoms with van der Waals surface area (Å²) >= 11 is 1.68.